The Kier molecular flexibility index (Phi) is 6.98. The van der Waals surface area contributed by atoms with Crippen molar-refractivity contribution >= 4 is 53.4 Å². The summed E-state index contributed by atoms with van der Waals surface area (Å²) in [5, 5.41) is 4.59. The zero-order valence-electron chi connectivity index (χ0n) is 30.6. The maximum Gasteiger partial charge on any atom is 0.167 e. The van der Waals surface area contributed by atoms with Gasteiger partial charge in [0.2, 0.25) is 0 Å². The first-order chi connectivity index (χ1) is 28.3. The van der Waals surface area contributed by atoms with Crippen molar-refractivity contribution in [3.8, 4) is 45.3 Å². The quantitative estimate of drug-likeness (QED) is 0.176. The SMILES string of the molecule is c1ccc(C2(c3ccccc3)c3ccccc3-c3c(-c4nc(-c5ccc6c(c5)sc5ccccc56)nc(-c5cccc6c5oc5ccccc56)n4)cccc32)cc1. The predicted octanol–water partition coefficient (Wildman–Crippen LogP) is 13.5. The molecule has 0 radical (unpaired) electrons. The molecule has 0 bridgehead atoms. The van der Waals surface area contributed by atoms with Gasteiger partial charge >= 0.3 is 0 Å². The first-order valence-corrected chi connectivity index (χ1v) is 20.0. The molecule has 266 valence electrons. The highest BCUT2D eigenvalue weighted by Crippen LogP contribution is 2.58. The molecular formula is C52H31N3OS. The van der Waals surface area contributed by atoms with Gasteiger partial charge in [0.15, 0.2) is 17.5 Å². The summed E-state index contributed by atoms with van der Waals surface area (Å²) >= 11 is 1.79. The van der Waals surface area contributed by atoms with Crippen LogP contribution in [-0.2, 0) is 5.41 Å². The van der Waals surface area contributed by atoms with Crippen LogP contribution in [0.1, 0.15) is 22.3 Å². The molecule has 1 aliphatic carbocycles. The number of thiophene rings is 1. The topological polar surface area (TPSA) is 51.8 Å². The van der Waals surface area contributed by atoms with Gasteiger partial charge in [-0.05, 0) is 57.6 Å². The fourth-order valence-electron chi connectivity index (χ4n) is 9.21. The lowest BCUT2D eigenvalue weighted by molar-refractivity contribution is 0.669. The molecule has 0 saturated heterocycles. The number of fused-ring (bicyclic) bond motifs is 9. The fourth-order valence-corrected chi connectivity index (χ4v) is 10.4. The Morgan fingerprint density at radius 3 is 1.81 bits per heavy atom. The Morgan fingerprint density at radius 2 is 0.982 bits per heavy atom. The number of furan rings is 1. The minimum atomic E-state index is -0.546. The molecule has 0 saturated carbocycles. The Hall–Kier alpha value is -7.21. The molecule has 0 unspecified atom stereocenters. The molecule has 0 spiro atoms. The van der Waals surface area contributed by atoms with Crippen LogP contribution in [0, 0.1) is 0 Å². The predicted molar refractivity (Wildman–Crippen MR) is 234 cm³/mol. The van der Waals surface area contributed by atoms with Crippen LogP contribution in [0.25, 0.3) is 87.4 Å². The molecule has 0 amide bonds. The van der Waals surface area contributed by atoms with Crippen molar-refractivity contribution in [3.63, 3.8) is 0 Å². The van der Waals surface area contributed by atoms with E-state index in [0.29, 0.717) is 17.5 Å². The number of nitrogens with zero attached hydrogens (tertiary/aromatic N) is 3. The first-order valence-electron chi connectivity index (χ1n) is 19.2. The number of hydrogen-bond acceptors (Lipinski definition) is 5. The highest BCUT2D eigenvalue weighted by atomic mass is 32.1. The highest BCUT2D eigenvalue weighted by Gasteiger charge is 2.47. The van der Waals surface area contributed by atoms with Crippen LogP contribution >= 0.6 is 11.3 Å². The van der Waals surface area contributed by atoms with E-state index in [1.165, 1.54) is 48.0 Å². The van der Waals surface area contributed by atoms with Crippen LogP contribution in [0.3, 0.4) is 0 Å². The van der Waals surface area contributed by atoms with E-state index in [2.05, 4.69) is 170 Å². The van der Waals surface area contributed by atoms with Crippen molar-refractivity contribution in [2.45, 2.75) is 5.41 Å². The summed E-state index contributed by atoms with van der Waals surface area (Å²) < 4.78 is 9.02. The maximum absolute atomic E-state index is 6.57. The molecule has 0 aliphatic heterocycles. The van der Waals surface area contributed by atoms with Gasteiger partial charge in [0.1, 0.15) is 11.2 Å². The zero-order valence-corrected chi connectivity index (χ0v) is 31.4. The largest absolute Gasteiger partial charge is 0.455 e. The molecule has 0 fully saturated rings. The molecule has 57 heavy (non-hydrogen) atoms. The first kappa shape index (κ1) is 32.1. The minimum absolute atomic E-state index is 0.546. The molecular weight excluding hydrogens is 715 g/mol. The molecule has 0 N–H and O–H groups in total. The second kappa shape index (κ2) is 12.4. The van der Waals surface area contributed by atoms with Gasteiger partial charge in [-0.3, -0.25) is 0 Å². The van der Waals surface area contributed by atoms with Crippen LogP contribution in [-0.4, -0.2) is 15.0 Å². The van der Waals surface area contributed by atoms with E-state index in [1.807, 2.05) is 18.2 Å². The zero-order chi connectivity index (χ0) is 37.5. The van der Waals surface area contributed by atoms with Crippen molar-refractivity contribution in [1.29, 1.82) is 0 Å². The number of hydrogen-bond donors (Lipinski definition) is 0. The van der Waals surface area contributed by atoms with E-state index in [-0.39, 0.29) is 0 Å². The summed E-state index contributed by atoms with van der Waals surface area (Å²) in [7, 11) is 0. The molecule has 3 aromatic heterocycles. The standard InChI is InChI=1S/C52H31N3OS/c1-3-15-33(16-4-1)52(34-17-5-2-6-18-34)42-25-10-7-21-39(42)47-40(23-14-26-43(47)52)50-53-49(32-29-30-37-36-20-9-12-28-45(36)57-46(37)31-32)54-51(55-50)41-24-13-22-38-35-19-8-11-27-44(35)56-48(38)41/h1-31H. The third-order valence-corrected chi connectivity index (χ3v) is 12.8. The summed E-state index contributed by atoms with van der Waals surface area (Å²) in [5.41, 5.74) is 10.9. The average molecular weight is 746 g/mol. The van der Waals surface area contributed by atoms with Gasteiger partial charge in [-0.2, -0.15) is 0 Å². The molecule has 3 heterocycles. The summed E-state index contributed by atoms with van der Waals surface area (Å²) in [6.45, 7) is 0. The Labute approximate surface area is 332 Å². The average Bonchev–Trinajstić information content (AvgIpc) is 3.95. The lowest BCUT2D eigenvalue weighted by atomic mass is 9.67. The van der Waals surface area contributed by atoms with Crippen LogP contribution in [0.15, 0.2) is 192 Å². The van der Waals surface area contributed by atoms with Crippen molar-refractivity contribution in [3.05, 3.63) is 210 Å². The van der Waals surface area contributed by atoms with Crippen molar-refractivity contribution in [2.24, 2.45) is 0 Å². The highest BCUT2D eigenvalue weighted by molar-refractivity contribution is 7.25. The van der Waals surface area contributed by atoms with E-state index >= 15 is 0 Å². The van der Waals surface area contributed by atoms with Gasteiger partial charge in [0, 0.05) is 42.1 Å². The van der Waals surface area contributed by atoms with Gasteiger partial charge in [-0.1, -0.05) is 164 Å². The third-order valence-electron chi connectivity index (χ3n) is 11.6. The normalized spacial score (nSPS) is 13.1. The maximum atomic E-state index is 6.57. The second-order valence-electron chi connectivity index (χ2n) is 14.7. The van der Waals surface area contributed by atoms with E-state index in [1.54, 1.807) is 11.3 Å². The number of rotatable bonds is 5. The lowest BCUT2D eigenvalue weighted by Gasteiger charge is -2.33. The van der Waals surface area contributed by atoms with Crippen LogP contribution < -0.4 is 0 Å². The Bertz CT molecular complexity index is 3330. The van der Waals surface area contributed by atoms with Crippen molar-refractivity contribution < 1.29 is 4.42 Å². The van der Waals surface area contributed by atoms with E-state index < -0.39 is 5.41 Å². The van der Waals surface area contributed by atoms with Gasteiger partial charge < -0.3 is 4.42 Å². The van der Waals surface area contributed by atoms with Crippen LogP contribution in [0.2, 0.25) is 0 Å². The molecule has 8 aromatic carbocycles. The monoisotopic (exact) mass is 745 g/mol. The molecule has 5 heteroatoms. The summed E-state index contributed by atoms with van der Waals surface area (Å²) in [6, 6.07) is 66.8. The van der Waals surface area contributed by atoms with Gasteiger partial charge in [-0.25, -0.2) is 15.0 Å². The van der Waals surface area contributed by atoms with Gasteiger partial charge in [-0.15, -0.1) is 11.3 Å². The molecule has 1 aliphatic rings. The summed E-state index contributed by atoms with van der Waals surface area (Å²) in [6.07, 6.45) is 0. The fraction of sp³-hybridized carbons (Fsp3) is 0.0192. The van der Waals surface area contributed by atoms with Crippen molar-refractivity contribution in [1.82, 2.24) is 15.0 Å². The lowest BCUT2D eigenvalue weighted by Crippen LogP contribution is -2.28. The molecule has 4 nitrogen and oxygen atoms in total. The van der Waals surface area contributed by atoms with E-state index in [0.717, 1.165) is 44.2 Å². The second-order valence-corrected chi connectivity index (χ2v) is 15.7. The van der Waals surface area contributed by atoms with E-state index in [4.69, 9.17) is 19.4 Å². The van der Waals surface area contributed by atoms with Crippen LogP contribution in [0.5, 0.6) is 0 Å². The number of aromatic nitrogens is 3. The number of benzene rings is 8. The van der Waals surface area contributed by atoms with Crippen molar-refractivity contribution in [2.75, 3.05) is 0 Å². The summed E-state index contributed by atoms with van der Waals surface area (Å²) in [4.78, 5) is 16.0. The van der Waals surface area contributed by atoms with Crippen LogP contribution in [0.4, 0.5) is 0 Å². The Morgan fingerprint density at radius 1 is 0.404 bits per heavy atom. The Balaban J connectivity index is 1.15. The van der Waals surface area contributed by atoms with Gasteiger partial charge in [0.25, 0.3) is 0 Å². The minimum Gasteiger partial charge on any atom is -0.455 e. The molecule has 12 rings (SSSR count). The van der Waals surface area contributed by atoms with E-state index in [9.17, 15) is 0 Å². The molecule has 11 aromatic rings. The van der Waals surface area contributed by atoms with Gasteiger partial charge in [0.05, 0.1) is 11.0 Å². The smallest absolute Gasteiger partial charge is 0.167 e. The molecule has 0 atom stereocenters. The summed E-state index contributed by atoms with van der Waals surface area (Å²) in [5.74, 6) is 1.80. The third kappa shape index (κ3) is 4.70. The number of para-hydroxylation sites is 2.